The molecule has 2 aliphatic rings. The molecule has 2 heterocycles. The number of fused-ring (bicyclic) bond motifs is 1. The Morgan fingerprint density at radius 3 is 2.38 bits per heavy atom. The number of benzene rings is 2. The predicted octanol–water partition coefficient (Wildman–Crippen LogP) is 2.60. The van der Waals surface area contributed by atoms with E-state index in [9.17, 15) is 33.9 Å². The summed E-state index contributed by atoms with van der Waals surface area (Å²) in [7, 11) is 0. The predicted molar refractivity (Wildman–Crippen MR) is 208 cm³/mol. The molecule has 3 aromatic rings. The van der Waals surface area contributed by atoms with Gasteiger partial charge in [-0.3, -0.25) is 24.0 Å². The average molecular weight is 774 g/mol. The minimum absolute atomic E-state index is 0.00367. The van der Waals surface area contributed by atoms with Crippen LogP contribution in [0.2, 0.25) is 0 Å². The largest absolute Gasteiger partial charge is 0.384 e. The number of amides is 6. The fourth-order valence-electron chi connectivity index (χ4n) is 7.79. The summed E-state index contributed by atoms with van der Waals surface area (Å²) in [6.07, 6.45) is 7.69. The van der Waals surface area contributed by atoms with Crippen LogP contribution in [-0.2, 0) is 24.8 Å². The average Bonchev–Trinajstić information content (AvgIpc) is 3.86. The summed E-state index contributed by atoms with van der Waals surface area (Å²) in [4.78, 5) is 81.2. The van der Waals surface area contributed by atoms with Crippen molar-refractivity contribution in [2.45, 2.75) is 115 Å². The number of rotatable bonds is 17. The maximum atomic E-state index is 14.8. The molecule has 2 fully saturated rings. The van der Waals surface area contributed by atoms with Crippen molar-refractivity contribution in [2.24, 2.45) is 11.7 Å². The molecule has 7 N–H and O–H groups in total. The van der Waals surface area contributed by atoms with E-state index in [-0.39, 0.29) is 31.3 Å². The summed E-state index contributed by atoms with van der Waals surface area (Å²) in [6.45, 7) is 5.72. The van der Waals surface area contributed by atoms with Crippen LogP contribution in [0.1, 0.15) is 107 Å². The highest BCUT2D eigenvalue weighted by Gasteiger charge is 2.45. The van der Waals surface area contributed by atoms with Crippen molar-refractivity contribution in [3.8, 4) is 0 Å². The second-order valence-electron chi connectivity index (χ2n) is 15.4. The molecular formula is C40H55N9O7. The van der Waals surface area contributed by atoms with Crippen LogP contribution in [-0.4, -0.2) is 98.2 Å². The van der Waals surface area contributed by atoms with Crippen molar-refractivity contribution in [1.82, 2.24) is 41.2 Å². The standard InChI is InChI=1S/C40H55N9O7/c1-4-42-39(55)43-19-11-10-16-30(34(50)35(41)51)45-37(53)32-22-29(49-33(23-44-47-49)40(2,3)56)24-48(32)38(54)31(20-25-12-6-5-7-13-25)46-36(52)28-18-17-26-14-8-9-15-27(26)21-28/h8-9,14-15,17-18,21,23,25,29-32,56H,4-7,10-13,16,19-20,22,24H2,1-3H3,(H2,41,51)(H,45,53)(H,46,52)(H2,42,43,55)/t29-,30?,31+,32-/m0/s1. The Morgan fingerprint density at radius 1 is 0.946 bits per heavy atom. The number of unbranched alkanes of at least 4 members (excludes halogenated alkanes) is 1. The Hall–Kier alpha value is -5.38. The van der Waals surface area contributed by atoms with Gasteiger partial charge in [-0.1, -0.05) is 67.6 Å². The zero-order chi connectivity index (χ0) is 40.4. The Kier molecular flexibility index (Phi) is 14.2. The van der Waals surface area contributed by atoms with Crippen LogP contribution in [0.15, 0.2) is 48.7 Å². The van der Waals surface area contributed by atoms with Crippen LogP contribution in [0, 0.1) is 5.92 Å². The van der Waals surface area contributed by atoms with Gasteiger partial charge in [-0.25, -0.2) is 9.48 Å². The van der Waals surface area contributed by atoms with Crippen LogP contribution in [0.25, 0.3) is 10.8 Å². The normalized spacial score (nSPS) is 18.5. The third-order valence-corrected chi connectivity index (χ3v) is 10.7. The van der Waals surface area contributed by atoms with Gasteiger partial charge >= 0.3 is 6.03 Å². The van der Waals surface area contributed by atoms with Gasteiger partial charge in [0.2, 0.25) is 17.6 Å². The monoisotopic (exact) mass is 773 g/mol. The van der Waals surface area contributed by atoms with E-state index in [0.717, 1.165) is 42.9 Å². The number of aromatic nitrogens is 3. The number of aliphatic hydroxyl groups is 1. The van der Waals surface area contributed by atoms with Crippen molar-refractivity contribution < 1.29 is 33.9 Å². The molecule has 16 nitrogen and oxygen atoms in total. The molecule has 1 aliphatic heterocycles. The van der Waals surface area contributed by atoms with Gasteiger partial charge in [0.1, 0.15) is 17.7 Å². The fourth-order valence-corrected chi connectivity index (χ4v) is 7.79. The lowest BCUT2D eigenvalue weighted by molar-refractivity contribution is -0.142. The van der Waals surface area contributed by atoms with E-state index in [1.165, 1.54) is 15.8 Å². The van der Waals surface area contributed by atoms with Crippen molar-refractivity contribution in [3.05, 3.63) is 59.9 Å². The molecule has 302 valence electrons. The molecule has 0 bridgehead atoms. The number of nitrogens with one attached hydrogen (secondary N) is 4. The molecule has 5 rings (SSSR count). The fraction of sp³-hybridized carbons (Fsp3) is 0.550. The number of ketones is 1. The topological polar surface area (TPSA) is 231 Å². The summed E-state index contributed by atoms with van der Waals surface area (Å²) in [5.74, 6) is -3.58. The lowest BCUT2D eigenvalue weighted by atomic mass is 9.84. The Labute approximate surface area is 326 Å². The molecule has 4 atom stereocenters. The van der Waals surface area contributed by atoms with Crippen molar-refractivity contribution in [3.63, 3.8) is 0 Å². The van der Waals surface area contributed by atoms with E-state index >= 15 is 0 Å². The summed E-state index contributed by atoms with van der Waals surface area (Å²) in [5, 5.41) is 32.0. The molecular weight excluding hydrogens is 718 g/mol. The molecule has 1 saturated carbocycles. The molecule has 2 aromatic carbocycles. The molecule has 0 spiro atoms. The number of hydrogen-bond acceptors (Lipinski definition) is 9. The van der Waals surface area contributed by atoms with E-state index < -0.39 is 59.2 Å². The highest BCUT2D eigenvalue weighted by Crippen LogP contribution is 2.33. The quantitative estimate of drug-likeness (QED) is 0.0874. The van der Waals surface area contributed by atoms with E-state index in [2.05, 4.69) is 31.6 Å². The number of Topliss-reactive ketones (excluding diaryl/α,β-unsaturated/α-hetero) is 1. The highest BCUT2D eigenvalue weighted by molar-refractivity contribution is 6.37. The number of likely N-dealkylation sites (tertiary alicyclic amines) is 1. The van der Waals surface area contributed by atoms with Gasteiger partial charge in [0.15, 0.2) is 0 Å². The van der Waals surface area contributed by atoms with Gasteiger partial charge in [0.05, 0.1) is 24.0 Å². The Balaban J connectivity index is 1.41. The third-order valence-electron chi connectivity index (χ3n) is 10.7. The first-order valence-electron chi connectivity index (χ1n) is 19.7. The van der Waals surface area contributed by atoms with E-state index in [1.54, 1.807) is 32.9 Å². The first-order chi connectivity index (χ1) is 26.8. The van der Waals surface area contributed by atoms with E-state index in [4.69, 9.17) is 5.73 Å². The molecule has 1 aliphatic carbocycles. The van der Waals surface area contributed by atoms with Crippen LogP contribution >= 0.6 is 0 Å². The number of primary amides is 1. The van der Waals surface area contributed by atoms with Gasteiger partial charge in [-0.2, -0.15) is 0 Å². The summed E-state index contributed by atoms with van der Waals surface area (Å²) < 4.78 is 1.51. The first-order valence-corrected chi connectivity index (χ1v) is 19.7. The van der Waals surface area contributed by atoms with Crippen LogP contribution in [0.4, 0.5) is 4.79 Å². The second-order valence-corrected chi connectivity index (χ2v) is 15.4. The zero-order valence-corrected chi connectivity index (χ0v) is 32.5. The molecule has 6 amide bonds. The van der Waals surface area contributed by atoms with Gasteiger partial charge in [0.25, 0.3) is 11.8 Å². The molecule has 16 heteroatoms. The molecule has 56 heavy (non-hydrogen) atoms. The zero-order valence-electron chi connectivity index (χ0n) is 32.5. The van der Waals surface area contributed by atoms with E-state index in [0.29, 0.717) is 43.6 Å². The number of urea groups is 1. The van der Waals surface area contributed by atoms with Crippen molar-refractivity contribution >= 4 is 46.2 Å². The molecule has 1 unspecified atom stereocenters. The van der Waals surface area contributed by atoms with Crippen LogP contribution < -0.4 is 27.0 Å². The van der Waals surface area contributed by atoms with Gasteiger partial charge in [-0.15, -0.1) is 5.10 Å². The summed E-state index contributed by atoms with van der Waals surface area (Å²) in [6, 6.07) is 8.71. The SMILES string of the molecule is CCNC(=O)NCCCCC(NC(=O)[C@@H]1C[C@H](n2nncc2C(C)(C)O)CN1C(=O)[C@@H](CC1CCCCC1)NC(=O)c1ccc2ccccc2c1)C(=O)C(N)=O. The number of nitrogens with two attached hydrogens (primary N) is 1. The Bertz CT molecular complexity index is 1880. The number of hydrogen-bond donors (Lipinski definition) is 6. The Morgan fingerprint density at radius 2 is 1.68 bits per heavy atom. The summed E-state index contributed by atoms with van der Waals surface area (Å²) in [5.41, 5.74) is 4.81. The molecule has 1 saturated heterocycles. The summed E-state index contributed by atoms with van der Waals surface area (Å²) >= 11 is 0. The van der Waals surface area contributed by atoms with Gasteiger partial charge < -0.3 is 37.0 Å². The molecule has 1 aromatic heterocycles. The van der Waals surface area contributed by atoms with E-state index in [1.807, 2.05) is 30.3 Å². The first kappa shape index (κ1) is 41.8. The maximum Gasteiger partial charge on any atom is 0.314 e. The third kappa shape index (κ3) is 10.7. The lowest BCUT2D eigenvalue weighted by Crippen LogP contribution is -2.56. The van der Waals surface area contributed by atoms with Crippen LogP contribution in [0.3, 0.4) is 0 Å². The molecule has 0 radical (unpaired) electrons. The van der Waals surface area contributed by atoms with Crippen LogP contribution in [0.5, 0.6) is 0 Å². The van der Waals surface area contributed by atoms with Crippen molar-refractivity contribution in [2.75, 3.05) is 19.6 Å². The number of carbonyl (C=O) groups excluding carboxylic acids is 6. The number of nitrogens with zero attached hydrogens (tertiary/aromatic N) is 4. The highest BCUT2D eigenvalue weighted by atomic mass is 16.3. The van der Waals surface area contributed by atoms with Crippen molar-refractivity contribution in [1.29, 1.82) is 0 Å². The lowest BCUT2D eigenvalue weighted by Gasteiger charge is -2.32. The number of carbonyl (C=O) groups is 6. The van der Waals surface area contributed by atoms with Gasteiger partial charge in [0, 0.05) is 31.6 Å². The minimum atomic E-state index is -1.35. The second kappa shape index (κ2) is 19.0. The minimum Gasteiger partial charge on any atom is -0.384 e. The van der Waals surface area contributed by atoms with Gasteiger partial charge in [-0.05, 0) is 75.3 Å². The smallest absolute Gasteiger partial charge is 0.314 e. The maximum absolute atomic E-state index is 14.8.